The Labute approximate surface area is 131 Å². The molecule has 1 aromatic heterocycles. The minimum atomic E-state index is -0.287. The molecule has 1 fully saturated rings. The summed E-state index contributed by atoms with van der Waals surface area (Å²) in [5, 5.41) is 12.1. The van der Waals surface area contributed by atoms with Crippen LogP contribution in [0.4, 0.5) is 9.52 Å². The smallest absolute Gasteiger partial charge is 0.231 e. The Kier molecular flexibility index (Phi) is 4.02. The number of carbonyl (C=O) groups excluding carboxylic acids is 1. The van der Waals surface area contributed by atoms with Crippen LogP contribution >= 0.6 is 11.3 Å². The van der Waals surface area contributed by atoms with Crippen LogP contribution < -0.4 is 5.32 Å². The number of likely N-dealkylation sites (tertiary alicyclic amines) is 1. The number of thiazole rings is 1. The third kappa shape index (κ3) is 3.07. The number of aromatic nitrogens is 1. The molecule has 2 heterocycles. The number of nitriles is 1. The molecule has 1 amide bonds. The fraction of sp³-hybridized carbons (Fsp3) is 0.267. The summed E-state index contributed by atoms with van der Waals surface area (Å²) in [6.45, 7) is 1.08. The zero-order valence-electron chi connectivity index (χ0n) is 11.6. The van der Waals surface area contributed by atoms with Crippen molar-refractivity contribution in [2.24, 2.45) is 5.92 Å². The van der Waals surface area contributed by atoms with E-state index in [9.17, 15) is 9.18 Å². The second kappa shape index (κ2) is 6.12. The lowest BCUT2D eigenvalue weighted by Crippen LogP contribution is -2.25. The van der Waals surface area contributed by atoms with E-state index in [1.807, 2.05) is 0 Å². The molecule has 2 aromatic rings. The molecule has 0 saturated carbocycles. The summed E-state index contributed by atoms with van der Waals surface area (Å²) in [6, 6.07) is 6.14. The van der Waals surface area contributed by atoms with E-state index in [-0.39, 0.29) is 17.6 Å². The van der Waals surface area contributed by atoms with Gasteiger partial charge >= 0.3 is 0 Å². The van der Waals surface area contributed by atoms with Crippen LogP contribution in [-0.2, 0) is 4.79 Å². The molecular formula is C15H13FN4OS. The van der Waals surface area contributed by atoms with Gasteiger partial charge in [-0.2, -0.15) is 5.26 Å². The van der Waals surface area contributed by atoms with Gasteiger partial charge in [0.25, 0.3) is 0 Å². The van der Waals surface area contributed by atoms with Crippen molar-refractivity contribution < 1.29 is 9.18 Å². The highest BCUT2D eigenvalue weighted by Gasteiger charge is 2.28. The number of hydrogen-bond donors (Lipinski definition) is 1. The standard InChI is InChI=1S/C15H13FN4OS/c16-12-3-1-10(2-4-12)13-7-18-15(22-13)19-14(21)11-5-6-20(8-11)9-17/h1-4,7,11H,5-6,8H2,(H,18,19,21)/t11-/m0/s1. The summed E-state index contributed by atoms with van der Waals surface area (Å²) >= 11 is 1.34. The van der Waals surface area contributed by atoms with E-state index in [1.165, 1.54) is 23.5 Å². The van der Waals surface area contributed by atoms with Gasteiger partial charge in [0, 0.05) is 19.3 Å². The maximum absolute atomic E-state index is 12.9. The van der Waals surface area contributed by atoms with Crippen molar-refractivity contribution in [2.45, 2.75) is 6.42 Å². The summed E-state index contributed by atoms with van der Waals surface area (Å²) in [5.41, 5.74) is 0.857. The average Bonchev–Trinajstić information content (AvgIpc) is 3.17. The quantitative estimate of drug-likeness (QED) is 0.884. The number of nitrogens with one attached hydrogen (secondary N) is 1. The second-order valence-corrected chi connectivity index (χ2v) is 6.09. The zero-order chi connectivity index (χ0) is 15.5. The summed E-state index contributed by atoms with van der Waals surface area (Å²) in [7, 11) is 0. The number of hydrogen-bond acceptors (Lipinski definition) is 5. The molecule has 0 bridgehead atoms. The Morgan fingerprint density at radius 1 is 1.45 bits per heavy atom. The first-order chi connectivity index (χ1) is 10.7. The molecule has 5 nitrogen and oxygen atoms in total. The van der Waals surface area contributed by atoms with Crippen LogP contribution in [0.5, 0.6) is 0 Å². The molecule has 7 heteroatoms. The number of rotatable bonds is 3. The first-order valence-electron chi connectivity index (χ1n) is 6.83. The second-order valence-electron chi connectivity index (χ2n) is 5.06. The lowest BCUT2D eigenvalue weighted by Gasteiger charge is -2.08. The van der Waals surface area contributed by atoms with E-state index >= 15 is 0 Å². The molecule has 0 radical (unpaired) electrons. The van der Waals surface area contributed by atoms with Gasteiger partial charge in [0.05, 0.1) is 10.8 Å². The predicted molar refractivity (Wildman–Crippen MR) is 81.4 cm³/mol. The van der Waals surface area contributed by atoms with E-state index in [4.69, 9.17) is 5.26 Å². The molecule has 1 aliphatic heterocycles. The Hall–Kier alpha value is -2.46. The van der Waals surface area contributed by atoms with Crippen LogP contribution in [0.25, 0.3) is 10.4 Å². The van der Waals surface area contributed by atoms with Gasteiger partial charge in [0.1, 0.15) is 5.82 Å². The van der Waals surface area contributed by atoms with Gasteiger partial charge in [-0.3, -0.25) is 4.79 Å². The maximum atomic E-state index is 12.9. The van der Waals surface area contributed by atoms with Gasteiger partial charge in [-0.1, -0.05) is 23.5 Å². The van der Waals surface area contributed by atoms with Crippen molar-refractivity contribution >= 4 is 22.4 Å². The highest BCUT2D eigenvalue weighted by molar-refractivity contribution is 7.19. The third-order valence-electron chi connectivity index (χ3n) is 3.57. The van der Waals surface area contributed by atoms with Gasteiger partial charge in [0.2, 0.25) is 5.91 Å². The molecule has 22 heavy (non-hydrogen) atoms. The van der Waals surface area contributed by atoms with Crippen LogP contribution in [0.15, 0.2) is 30.5 Å². The molecule has 1 aliphatic rings. The van der Waals surface area contributed by atoms with Gasteiger partial charge in [0.15, 0.2) is 11.3 Å². The Balaban J connectivity index is 1.66. The maximum Gasteiger partial charge on any atom is 0.231 e. The normalized spacial score (nSPS) is 17.3. The largest absolute Gasteiger partial charge is 0.310 e. The van der Waals surface area contributed by atoms with E-state index in [1.54, 1.807) is 23.2 Å². The molecule has 112 valence electrons. The van der Waals surface area contributed by atoms with Gasteiger partial charge in [-0.15, -0.1) is 0 Å². The summed E-state index contributed by atoms with van der Waals surface area (Å²) in [6.07, 6.45) is 4.39. The minimum Gasteiger partial charge on any atom is -0.310 e. The van der Waals surface area contributed by atoms with Crippen molar-refractivity contribution in [2.75, 3.05) is 18.4 Å². The lowest BCUT2D eigenvalue weighted by molar-refractivity contribution is -0.119. The number of halogens is 1. The third-order valence-corrected chi connectivity index (χ3v) is 4.53. The number of amides is 1. The van der Waals surface area contributed by atoms with E-state index < -0.39 is 0 Å². The van der Waals surface area contributed by atoms with Crippen molar-refractivity contribution in [3.63, 3.8) is 0 Å². The fourth-order valence-corrected chi connectivity index (χ4v) is 3.18. The van der Waals surface area contributed by atoms with Crippen molar-refractivity contribution in [1.29, 1.82) is 5.26 Å². The van der Waals surface area contributed by atoms with Crippen LogP contribution in [0.3, 0.4) is 0 Å². The van der Waals surface area contributed by atoms with Crippen molar-refractivity contribution in [1.82, 2.24) is 9.88 Å². The van der Waals surface area contributed by atoms with E-state index in [2.05, 4.69) is 16.5 Å². The number of benzene rings is 1. The van der Waals surface area contributed by atoms with Crippen LogP contribution in [0, 0.1) is 23.2 Å². The predicted octanol–water partition coefficient (Wildman–Crippen LogP) is 2.69. The molecular weight excluding hydrogens is 303 g/mol. The van der Waals surface area contributed by atoms with E-state index in [0.29, 0.717) is 24.6 Å². The monoisotopic (exact) mass is 316 g/mol. The first kappa shape index (κ1) is 14.5. The van der Waals surface area contributed by atoms with Crippen LogP contribution in [0.1, 0.15) is 6.42 Å². The van der Waals surface area contributed by atoms with Crippen LogP contribution in [-0.4, -0.2) is 28.9 Å². The van der Waals surface area contributed by atoms with E-state index in [0.717, 1.165) is 10.4 Å². The Morgan fingerprint density at radius 2 is 2.23 bits per heavy atom. The molecule has 1 aromatic carbocycles. The first-order valence-corrected chi connectivity index (χ1v) is 7.64. The summed E-state index contributed by atoms with van der Waals surface area (Å²) in [5.74, 6) is -0.583. The number of anilines is 1. The summed E-state index contributed by atoms with van der Waals surface area (Å²) < 4.78 is 12.9. The molecule has 1 N–H and O–H groups in total. The van der Waals surface area contributed by atoms with Crippen molar-refractivity contribution in [3.8, 4) is 16.6 Å². The molecule has 0 aliphatic carbocycles. The van der Waals surface area contributed by atoms with Crippen molar-refractivity contribution in [3.05, 3.63) is 36.3 Å². The number of carbonyl (C=O) groups is 1. The molecule has 3 rings (SSSR count). The molecule has 0 spiro atoms. The molecule has 0 unspecified atom stereocenters. The molecule has 1 atom stereocenters. The molecule has 1 saturated heterocycles. The fourth-order valence-electron chi connectivity index (χ4n) is 2.35. The highest BCUT2D eigenvalue weighted by Crippen LogP contribution is 2.29. The minimum absolute atomic E-state index is 0.113. The topological polar surface area (TPSA) is 69.0 Å². The lowest BCUT2D eigenvalue weighted by atomic mass is 10.1. The highest BCUT2D eigenvalue weighted by atomic mass is 32.1. The van der Waals surface area contributed by atoms with Crippen LogP contribution in [0.2, 0.25) is 0 Å². The number of nitrogens with zero attached hydrogens (tertiary/aromatic N) is 3. The summed E-state index contributed by atoms with van der Waals surface area (Å²) in [4.78, 5) is 18.8. The Morgan fingerprint density at radius 3 is 2.91 bits per heavy atom. The van der Waals surface area contributed by atoms with Gasteiger partial charge in [-0.25, -0.2) is 9.37 Å². The zero-order valence-corrected chi connectivity index (χ0v) is 12.4. The average molecular weight is 316 g/mol. The Bertz CT molecular complexity index is 722. The van der Waals surface area contributed by atoms with Gasteiger partial charge < -0.3 is 10.2 Å². The van der Waals surface area contributed by atoms with Gasteiger partial charge in [-0.05, 0) is 24.1 Å². The SMILES string of the molecule is N#CN1CC[C@H](C(=O)Nc2ncc(-c3ccc(F)cc3)s2)C1.